The Labute approximate surface area is 119 Å². The number of benzene rings is 2. The van der Waals surface area contributed by atoms with Crippen LogP contribution < -0.4 is 16.2 Å². The number of nitrogen functional groups attached to an aromatic ring is 1. The summed E-state index contributed by atoms with van der Waals surface area (Å²) in [6.45, 7) is 0. The van der Waals surface area contributed by atoms with Gasteiger partial charge in [-0.3, -0.25) is 4.79 Å². The highest BCUT2D eigenvalue weighted by Crippen LogP contribution is 2.17. The summed E-state index contributed by atoms with van der Waals surface area (Å²) in [5, 5.41) is 0. The Morgan fingerprint density at radius 2 is 1.90 bits per heavy atom. The van der Waals surface area contributed by atoms with Gasteiger partial charge in [0.25, 0.3) is 5.91 Å². The molecule has 1 aromatic heterocycles. The van der Waals surface area contributed by atoms with Crippen molar-refractivity contribution in [3.05, 3.63) is 58.5 Å². The fraction of sp³-hybridized carbons (Fsp3) is 0.0667. The number of anilines is 1. The largest absolute Gasteiger partial charge is 0.497 e. The molecule has 6 heteroatoms. The number of nitrogens with two attached hydrogens (primary N) is 1. The number of methoxy groups -OCH3 is 1. The highest BCUT2D eigenvalue weighted by Gasteiger charge is 2.16. The van der Waals surface area contributed by atoms with Crippen molar-refractivity contribution in [2.75, 3.05) is 12.8 Å². The second-order valence-corrected chi connectivity index (χ2v) is 4.58. The molecule has 0 saturated carbocycles. The molecular weight excluding hydrogens is 270 g/mol. The van der Waals surface area contributed by atoms with Crippen molar-refractivity contribution in [3.63, 3.8) is 0 Å². The van der Waals surface area contributed by atoms with Crippen LogP contribution in [0.4, 0.5) is 5.69 Å². The molecule has 0 fully saturated rings. The normalized spacial score (nSPS) is 10.7. The number of rotatable bonds is 2. The number of imidazole rings is 1. The third-order valence-electron chi connectivity index (χ3n) is 3.25. The number of H-pyrrole nitrogens is 1. The number of fused-ring (bicyclic) bond motifs is 1. The van der Waals surface area contributed by atoms with Crippen molar-refractivity contribution in [1.82, 2.24) is 9.55 Å². The maximum Gasteiger partial charge on any atom is 0.333 e. The van der Waals surface area contributed by atoms with Crippen LogP contribution in [0.1, 0.15) is 10.4 Å². The van der Waals surface area contributed by atoms with Gasteiger partial charge < -0.3 is 15.5 Å². The Bertz CT molecular complexity index is 875. The Kier molecular flexibility index (Phi) is 2.98. The summed E-state index contributed by atoms with van der Waals surface area (Å²) in [7, 11) is 1.55. The van der Waals surface area contributed by atoms with E-state index in [9.17, 15) is 9.59 Å². The summed E-state index contributed by atoms with van der Waals surface area (Å²) < 4.78 is 6.12. The van der Waals surface area contributed by atoms with Gasteiger partial charge in [0.15, 0.2) is 0 Å². The quantitative estimate of drug-likeness (QED) is 0.699. The van der Waals surface area contributed by atoms with E-state index in [1.54, 1.807) is 49.6 Å². The van der Waals surface area contributed by atoms with Crippen LogP contribution in [0.2, 0.25) is 0 Å². The van der Waals surface area contributed by atoms with E-state index >= 15 is 0 Å². The van der Waals surface area contributed by atoms with Crippen LogP contribution in [0.3, 0.4) is 0 Å². The average Bonchev–Trinajstić information content (AvgIpc) is 2.82. The number of hydrogen-bond acceptors (Lipinski definition) is 4. The van der Waals surface area contributed by atoms with Gasteiger partial charge in [-0.1, -0.05) is 0 Å². The first-order valence-corrected chi connectivity index (χ1v) is 6.29. The van der Waals surface area contributed by atoms with Crippen LogP contribution in [0.5, 0.6) is 5.75 Å². The smallest absolute Gasteiger partial charge is 0.333 e. The van der Waals surface area contributed by atoms with Gasteiger partial charge in [0.05, 0.1) is 18.1 Å². The first kappa shape index (κ1) is 13.0. The monoisotopic (exact) mass is 283 g/mol. The molecule has 1 heterocycles. The number of carbonyl (C=O) groups is 1. The number of aromatic amines is 1. The summed E-state index contributed by atoms with van der Waals surface area (Å²) in [6.07, 6.45) is 0. The molecule has 21 heavy (non-hydrogen) atoms. The van der Waals surface area contributed by atoms with E-state index in [-0.39, 0.29) is 0 Å². The molecule has 0 saturated heterocycles. The Balaban J connectivity index is 2.14. The number of hydrogen-bond donors (Lipinski definition) is 2. The topological polar surface area (TPSA) is 90.1 Å². The molecule has 0 amide bonds. The van der Waals surface area contributed by atoms with E-state index in [1.807, 2.05) is 0 Å². The molecule has 3 N–H and O–H groups in total. The molecule has 0 atom stereocenters. The maximum atomic E-state index is 12.5. The van der Waals surface area contributed by atoms with E-state index in [2.05, 4.69) is 4.98 Å². The van der Waals surface area contributed by atoms with Crippen LogP contribution in [0.25, 0.3) is 11.0 Å². The molecule has 6 nitrogen and oxygen atoms in total. The second kappa shape index (κ2) is 4.82. The highest BCUT2D eigenvalue weighted by atomic mass is 16.5. The van der Waals surface area contributed by atoms with Crippen molar-refractivity contribution in [3.8, 4) is 5.75 Å². The molecule has 2 aromatic carbocycles. The van der Waals surface area contributed by atoms with Gasteiger partial charge in [0.2, 0.25) is 0 Å². The lowest BCUT2D eigenvalue weighted by Crippen LogP contribution is -2.24. The van der Waals surface area contributed by atoms with Gasteiger partial charge >= 0.3 is 5.69 Å². The molecule has 0 unspecified atom stereocenters. The number of aromatic nitrogens is 2. The predicted molar refractivity (Wildman–Crippen MR) is 79.7 cm³/mol. The SMILES string of the molecule is COc1ccc(C(=O)n2c(=O)[nH]c3ccc(N)cc32)cc1. The van der Waals surface area contributed by atoms with E-state index < -0.39 is 11.6 Å². The van der Waals surface area contributed by atoms with Crippen LogP contribution >= 0.6 is 0 Å². The minimum Gasteiger partial charge on any atom is -0.497 e. The second-order valence-electron chi connectivity index (χ2n) is 4.58. The van der Waals surface area contributed by atoms with Gasteiger partial charge in [0, 0.05) is 11.3 Å². The van der Waals surface area contributed by atoms with Crippen LogP contribution in [-0.2, 0) is 0 Å². The lowest BCUT2D eigenvalue weighted by atomic mass is 10.2. The number of carbonyl (C=O) groups excluding carboxylic acids is 1. The zero-order valence-corrected chi connectivity index (χ0v) is 11.3. The lowest BCUT2D eigenvalue weighted by molar-refractivity contribution is 0.0961. The third-order valence-corrected chi connectivity index (χ3v) is 3.25. The van der Waals surface area contributed by atoms with E-state index in [1.165, 1.54) is 0 Å². The van der Waals surface area contributed by atoms with Crippen LogP contribution in [0.15, 0.2) is 47.3 Å². The molecule has 0 aliphatic carbocycles. The number of nitrogens with one attached hydrogen (secondary N) is 1. The molecule has 106 valence electrons. The molecule has 0 aliphatic rings. The molecule has 3 rings (SSSR count). The van der Waals surface area contributed by atoms with Crippen molar-refractivity contribution < 1.29 is 9.53 Å². The summed E-state index contributed by atoms with van der Waals surface area (Å²) in [5.41, 5.74) is 7.13. The van der Waals surface area contributed by atoms with Gasteiger partial charge in [0.1, 0.15) is 5.75 Å². The minimum absolute atomic E-state index is 0.390. The molecule has 0 radical (unpaired) electrons. The van der Waals surface area contributed by atoms with E-state index in [4.69, 9.17) is 10.5 Å². The average molecular weight is 283 g/mol. The summed E-state index contributed by atoms with van der Waals surface area (Å²) in [5.74, 6) is 0.224. The fourth-order valence-electron chi connectivity index (χ4n) is 2.18. The molecule has 3 aromatic rings. The molecule has 0 spiro atoms. The van der Waals surface area contributed by atoms with Gasteiger partial charge in [-0.25, -0.2) is 9.36 Å². The zero-order chi connectivity index (χ0) is 15.0. The van der Waals surface area contributed by atoms with Crippen molar-refractivity contribution >= 4 is 22.6 Å². The van der Waals surface area contributed by atoms with Crippen molar-refractivity contribution in [1.29, 1.82) is 0 Å². The summed E-state index contributed by atoms with van der Waals surface area (Å²) >= 11 is 0. The third kappa shape index (κ3) is 2.16. The highest BCUT2D eigenvalue weighted by molar-refractivity contribution is 6.01. The summed E-state index contributed by atoms with van der Waals surface area (Å²) in [6, 6.07) is 11.5. The predicted octanol–water partition coefficient (Wildman–Crippen LogP) is 1.61. The summed E-state index contributed by atoms with van der Waals surface area (Å²) in [4.78, 5) is 27.2. The molecule has 0 aliphatic heterocycles. The van der Waals surface area contributed by atoms with Gasteiger partial charge in [-0.15, -0.1) is 0 Å². The van der Waals surface area contributed by atoms with Crippen molar-refractivity contribution in [2.45, 2.75) is 0 Å². The van der Waals surface area contributed by atoms with Gasteiger partial charge in [-0.05, 0) is 42.5 Å². The zero-order valence-electron chi connectivity index (χ0n) is 11.3. The number of ether oxygens (including phenoxy) is 1. The lowest BCUT2D eigenvalue weighted by Gasteiger charge is -2.04. The fourth-order valence-corrected chi connectivity index (χ4v) is 2.18. The molecular formula is C15H13N3O3. The standard InChI is InChI=1S/C15H13N3O3/c1-21-11-5-2-9(3-6-11)14(19)18-13-8-10(16)4-7-12(13)17-15(18)20/h2-8H,16H2,1H3,(H,17,20). The Morgan fingerprint density at radius 1 is 1.19 bits per heavy atom. The van der Waals surface area contributed by atoms with Crippen molar-refractivity contribution in [2.24, 2.45) is 0 Å². The Hall–Kier alpha value is -3.02. The Morgan fingerprint density at radius 3 is 2.57 bits per heavy atom. The van der Waals surface area contributed by atoms with E-state index in [0.717, 1.165) is 4.57 Å². The first-order valence-electron chi connectivity index (χ1n) is 6.29. The number of nitrogens with zero attached hydrogens (tertiary/aromatic N) is 1. The van der Waals surface area contributed by atoms with Crippen LogP contribution in [0, 0.1) is 0 Å². The first-order chi connectivity index (χ1) is 10.1. The van der Waals surface area contributed by atoms with E-state index in [0.29, 0.717) is 28.0 Å². The maximum absolute atomic E-state index is 12.5. The van der Waals surface area contributed by atoms with Gasteiger partial charge in [-0.2, -0.15) is 0 Å². The molecule has 0 bridgehead atoms. The van der Waals surface area contributed by atoms with Crippen LogP contribution in [-0.4, -0.2) is 22.6 Å². The minimum atomic E-state index is -0.489.